The molecule has 1 aliphatic rings. The van der Waals surface area contributed by atoms with E-state index >= 15 is 0 Å². The van der Waals surface area contributed by atoms with Gasteiger partial charge in [0.1, 0.15) is 0 Å². The number of aromatic nitrogens is 1. The summed E-state index contributed by atoms with van der Waals surface area (Å²) in [6.45, 7) is 6.30. The summed E-state index contributed by atoms with van der Waals surface area (Å²) in [4.78, 5) is 9.11. The van der Waals surface area contributed by atoms with Gasteiger partial charge in [-0.2, -0.15) is 0 Å². The van der Waals surface area contributed by atoms with Crippen LogP contribution in [0, 0.1) is 0 Å². The molecule has 1 saturated carbocycles. The van der Waals surface area contributed by atoms with Gasteiger partial charge in [0.2, 0.25) is 0 Å². The zero-order valence-electron chi connectivity index (χ0n) is 13.8. The number of aliphatic imine (C=N–C) groups is 1. The minimum atomic E-state index is 0.833. The lowest BCUT2D eigenvalue weighted by molar-refractivity contribution is 0.280. The summed E-state index contributed by atoms with van der Waals surface area (Å²) in [5.74, 6) is 0.961. The molecule has 0 radical (unpaired) electrons. The van der Waals surface area contributed by atoms with Crippen LogP contribution < -0.4 is 5.32 Å². The van der Waals surface area contributed by atoms with Crippen LogP contribution in [0.4, 0.5) is 0 Å². The molecular weight excluding hydrogens is 262 g/mol. The maximum Gasteiger partial charge on any atom is 0.193 e. The molecule has 0 aliphatic heterocycles. The number of nitrogens with zero attached hydrogens (tertiary/aromatic N) is 4. The predicted molar refractivity (Wildman–Crippen MR) is 88.5 cm³/mol. The Morgan fingerprint density at radius 3 is 2.76 bits per heavy atom. The van der Waals surface area contributed by atoms with Crippen LogP contribution in [0.1, 0.15) is 25.5 Å². The van der Waals surface area contributed by atoms with Crippen LogP contribution >= 0.6 is 0 Å². The van der Waals surface area contributed by atoms with Crippen LogP contribution in [-0.2, 0) is 13.6 Å². The molecular formula is C16H29N5. The molecule has 21 heavy (non-hydrogen) atoms. The molecule has 0 spiro atoms. The van der Waals surface area contributed by atoms with Gasteiger partial charge in [0.15, 0.2) is 5.96 Å². The van der Waals surface area contributed by atoms with Gasteiger partial charge in [-0.05, 0) is 31.5 Å². The number of rotatable bonds is 7. The summed E-state index contributed by atoms with van der Waals surface area (Å²) in [6, 6.07) is 5.06. The van der Waals surface area contributed by atoms with Crippen molar-refractivity contribution in [3.05, 3.63) is 24.0 Å². The average Bonchev–Trinajstić information content (AvgIpc) is 3.24. The molecule has 1 heterocycles. The standard InChI is InChI=1S/C16H29N5/c1-5-21(14-8-9-14)12-10-18-16(17-2)20(4)13-15-7-6-11-19(15)3/h6-7,11,14H,5,8-10,12-13H2,1-4H3,(H,17,18). The lowest BCUT2D eigenvalue weighted by atomic mass is 10.4. The molecule has 1 aliphatic carbocycles. The highest BCUT2D eigenvalue weighted by molar-refractivity contribution is 5.79. The van der Waals surface area contributed by atoms with E-state index < -0.39 is 0 Å². The molecule has 1 N–H and O–H groups in total. The average molecular weight is 291 g/mol. The molecule has 1 aromatic heterocycles. The second-order valence-electron chi connectivity index (χ2n) is 5.80. The minimum absolute atomic E-state index is 0.833. The van der Waals surface area contributed by atoms with Crippen LogP contribution in [-0.4, -0.2) is 60.1 Å². The molecule has 1 fully saturated rings. The summed E-state index contributed by atoms with van der Waals surface area (Å²) in [6.07, 6.45) is 4.82. The Kier molecular flexibility index (Phi) is 5.67. The van der Waals surface area contributed by atoms with Crippen LogP contribution in [0.5, 0.6) is 0 Å². The first-order valence-corrected chi connectivity index (χ1v) is 7.91. The Balaban J connectivity index is 1.78. The van der Waals surface area contributed by atoms with E-state index in [1.54, 1.807) is 0 Å². The van der Waals surface area contributed by atoms with E-state index in [1.807, 2.05) is 7.05 Å². The molecule has 5 nitrogen and oxygen atoms in total. The molecule has 2 rings (SSSR count). The fourth-order valence-corrected chi connectivity index (χ4v) is 2.71. The highest BCUT2D eigenvalue weighted by Crippen LogP contribution is 2.25. The largest absolute Gasteiger partial charge is 0.355 e. The lowest BCUT2D eigenvalue weighted by Crippen LogP contribution is -2.42. The van der Waals surface area contributed by atoms with Gasteiger partial charge >= 0.3 is 0 Å². The van der Waals surface area contributed by atoms with E-state index in [2.05, 4.69) is 64.0 Å². The van der Waals surface area contributed by atoms with Gasteiger partial charge in [-0.1, -0.05) is 6.92 Å². The van der Waals surface area contributed by atoms with Crippen molar-refractivity contribution in [3.8, 4) is 0 Å². The van der Waals surface area contributed by atoms with E-state index in [4.69, 9.17) is 0 Å². The van der Waals surface area contributed by atoms with Crippen LogP contribution in [0.3, 0.4) is 0 Å². The Morgan fingerprint density at radius 1 is 1.48 bits per heavy atom. The number of nitrogens with one attached hydrogen (secondary N) is 1. The number of aryl methyl sites for hydroxylation is 1. The van der Waals surface area contributed by atoms with Gasteiger partial charge in [-0.25, -0.2) is 0 Å². The number of likely N-dealkylation sites (N-methyl/N-ethyl adjacent to an activating group) is 1. The topological polar surface area (TPSA) is 35.8 Å². The molecule has 0 saturated heterocycles. The van der Waals surface area contributed by atoms with E-state index in [1.165, 1.54) is 18.5 Å². The van der Waals surface area contributed by atoms with Crippen molar-refractivity contribution in [2.45, 2.75) is 32.4 Å². The van der Waals surface area contributed by atoms with Crippen molar-refractivity contribution in [1.82, 2.24) is 19.7 Å². The maximum absolute atomic E-state index is 4.39. The zero-order valence-corrected chi connectivity index (χ0v) is 13.8. The summed E-state index contributed by atoms with van der Waals surface area (Å²) in [5, 5.41) is 3.47. The fraction of sp³-hybridized carbons (Fsp3) is 0.688. The summed E-state index contributed by atoms with van der Waals surface area (Å²) in [7, 11) is 6.01. The predicted octanol–water partition coefficient (Wildman–Crippen LogP) is 1.52. The summed E-state index contributed by atoms with van der Waals surface area (Å²) < 4.78 is 2.15. The molecule has 0 aromatic carbocycles. The highest BCUT2D eigenvalue weighted by atomic mass is 15.3. The van der Waals surface area contributed by atoms with Gasteiger partial charge in [0, 0.05) is 52.2 Å². The van der Waals surface area contributed by atoms with Gasteiger partial charge in [-0.3, -0.25) is 9.89 Å². The van der Waals surface area contributed by atoms with E-state index in [0.717, 1.165) is 38.2 Å². The minimum Gasteiger partial charge on any atom is -0.355 e. The molecule has 0 bridgehead atoms. The molecule has 0 amide bonds. The smallest absolute Gasteiger partial charge is 0.193 e. The second-order valence-corrected chi connectivity index (χ2v) is 5.80. The van der Waals surface area contributed by atoms with Crippen LogP contribution in [0.25, 0.3) is 0 Å². The normalized spacial score (nSPS) is 15.6. The number of hydrogen-bond acceptors (Lipinski definition) is 2. The summed E-state index contributed by atoms with van der Waals surface area (Å²) in [5.41, 5.74) is 1.29. The lowest BCUT2D eigenvalue weighted by Gasteiger charge is -2.24. The molecule has 118 valence electrons. The van der Waals surface area contributed by atoms with Crippen LogP contribution in [0.2, 0.25) is 0 Å². The van der Waals surface area contributed by atoms with E-state index in [0.29, 0.717) is 0 Å². The monoisotopic (exact) mass is 291 g/mol. The SMILES string of the molecule is CCN(CCNC(=NC)N(C)Cc1cccn1C)C1CC1. The van der Waals surface area contributed by atoms with Crippen molar-refractivity contribution < 1.29 is 0 Å². The molecule has 0 unspecified atom stereocenters. The quantitative estimate of drug-likeness (QED) is 0.611. The molecule has 1 aromatic rings. The number of hydrogen-bond donors (Lipinski definition) is 1. The van der Waals surface area contributed by atoms with Gasteiger partial charge in [0.25, 0.3) is 0 Å². The maximum atomic E-state index is 4.39. The Labute approximate surface area is 128 Å². The van der Waals surface area contributed by atoms with Gasteiger partial charge < -0.3 is 14.8 Å². The van der Waals surface area contributed by atoms with Crippen molar-refractivity contribution in [2.75, 3.05) is 33.7 Å². The van der Waals surface area contributed by atoms with Crippen molar-refractivity contribution in [1.29, 1.82) is 0 Å². The first-order valence-electron chi connectivity index (χ1n) is 7.91. The van der Waals surface area contributed by atoms with E-state index in [-0.39, 0.29) is 0 Å². The first kappa shape index (κ1) is 15.9. The third-order valence-corrected chi connectivity index (χ3v) is 4.18. The van der Waals surface area contributed by atoms with E-state index in [9.17, 15) is 0 Å². The van der Waals surface area contributed by atoms with Crippen LogP contribution in [0.15, 0.2) is 23.3 Å². The Hall–Kier alpha value is -1.49. The third kappa shape index (κ3) is 4.49. The van der Waals surface area contributed by atoms with Gasteiger partial charge in [-0.15, -0.1) is 0 Å². The Morgan fingerprint density at radius 2 is 2.24 bits per heavy atom. The fourth-order valence-electron chi connectivity index (χ4n) is 2.71. The first-order chi connectivity index (χ1) is 10.2. The van der Waals surface area contributed by atoms with Crippen molar-refractivity contribution >= 4 is 5.96 Å². The highest BCUT2D eigenvalue weighted by Gasteiger charge is 2.27. The van der Waals surface area contributed by atoms with Crippen molar-refractivity contribution in [3.63, 3.8) is 0 Å². The van der Waals surface area contributed by atoms with Gasteiger partial charge in [0.05, 0.1) is 6.54 Å². The van der Waals surface area contributed by atoms with Crippen molar-refractivity contribution in [2.24, 2.45) is 12.0 Å². The second kappa shape index (κ2) is 7.50. The Bertz CT molecular complexity index is 461. The number of guanidine groups is 1. The molecule has 0 atom stereocenters. The molecule has 5 heteroatoms. The zero-order chi connectivity index (χ0) is 15.2. The summed E-state index contributed by atoms with van der Waals surface area (Å²) >= 11 is 0. The third-order valence-electron chi connectivity index (χ3n) is 4.18.